The van der Waals surface area contributed by atoms with Gasteiger partial charge >= 0.3 is 0 Å². The quantitative estimate of drug-likeness (QED) is 0.841. The molecule has 7 nitrogen and oxygen atoms in total. The summed E-state index contributed by atoms with van der Waals surface area (Å²) in [5.41, 5.74) is 1.07. The molecular formula is C11H14FN5O2. The van der Waals surface area contributed by atoms with Crippen LogP contribution in [0.1, 0.15) is 12.6 Å². The van der Waals surface area contributed by atoms with Gasteiger partial charge in [0.1, 0.15) is 18.0 Å². The molecule has 0 spiro atoms. The van der Waals surface area contributed by atoms with Crippen molar-refractivity contribution in [1.82, 2.24) is 19.5 Å². The van der Waals surface area contributed by atoms with Gasteiger partial charge in [-0.2, -0.15) is 0 Å². The first-order chi connectivity index (χ1) is 9.24. The minimum atomic E-state index is -1.19. The molecule has 1 saturated heterocycles. The lowest BCUT2D eigenvalue weighted by Gasteiger charge is -2.15. The fourth-order valence-electron chi connectivity index (χ4n) is 2.28. The lowest BCUT2D eigenvalue weighted by Crippen LogP contribution is -2.16. The van der Waals surface area contributed by atoms with Crippen molar-refractivity contribution in [2.24, 2.45) is 0 Å². The summed E-state index contributed by atoms with van der Waals surface area (Å²) in [5, 5.41) is 11.9. The van der Waals surface area contributed by atoms with E-state index in [1.165, 1.54) is 17.2 Å². The van der Waals surface area contributed by atoms with Gasteiger partial charge < -0.3 is 15.2 Å². The number of nitrogens with one attached hydrogen (secondary N) is 1. The Bertz CT molecular complexity index is 589. The summed E-state index contributed by atoms with van der Waals surface area (Å²) in [4.78, 5) is 12.3. The molecule has 2 N–H and O–H groups in total. The summed E-state index contributed by atoms with van der Waals surface area (Å²) >= 11 is 0. The van der Waals surface area contributed by atoms with Crippen molar-refractivity contribution in [3.63, 3.8) is 0 Å². The van der Waals surface area contributed by atoms with Gasteiger partial charge in [0.2, 0.25) is 0 Å². The van der Waals surface area contributed by atoms with Gasteiger partial charge in [-0.25, -0.2) is 19.3 Å². The van der Waals surface area contributed by atoms with Crippen LogP contribution in [-0.2, 0) is 4.74 Å². The number of fused-ring (bicyclic) bond motifs is 1. The SMILES string of the molecule is CNc1ncnc2c1ncn2[C@@H]1O[C@H](CO)C[C@@H]1F. The molecule has 1 fully saturated rings. The minimum absolute atomic E-state index is 0.171. The molecule has 0 saturated carbocycles. The van der Waals surface area contributed by atoms with Gasteiger partial charge in [0.15, 0.2) is 17.7 Å². The van der Waals surface area contributed by atoms with E-state index in [-0.39, 0.29) is 13.0 Å². The largest absolute Gasteiger partial charge is 0.394 e. The summed E-state index contributed by atoms with van der Waals surface area (Å²) in [6.07, 6.45) is 0.562. The van der Waals surface area contributed by atoms with Crippen LogP contribution in [0.25, 0.3) is 11.2 Å². The first-order valence-electron chi connectivity index (χ1n) is 6.00. The number of imidazole rings is 1. The topological polar surface area (TPSA) is 85.1 Å². The number of ether oxygens (including phenoxy) is 1. The highest BCUT2D eigenvalue weighted by molar-refractivity contribution is 5.82. The van der Waals surface area contributed by atoms with Crippen LogP contribution < -0.4 is 5.32 Å². The zero-order valence-corrected chi connectivity index (χ0v) is 10.3. The Morgan fingerprint density at radius 3 is 3.05 bits per heavy atom. The van der Waals surface area contributed by atoms with Crippen LogP contribution in [-0.4, -0.2) is 50.6 Å². The van der Waals surface area contributed by atoms with Gasteiger partial charge in [0.25, 0.3) is 0 Å². The average Bonchev–Trinajstić information content (AvgIpc) is 3.01. The summed E-state index contributed by atoms with van der Waals surface area (Å²) in [6.45, 7) is -0.194. The number of anilines is 1. The third-order valence-electron chi connectivity index (χ3n) is 3.20. The lowest BCUT2D eigenvalue weighted by atomic mass is 10.2. The number of aromatic nitrogens is 4. The van der Waals surface area contributed by atoms with Gasteiger partial charge in [0.05, 0.1) is 19.0 Å². The van der Waals surface area contributed by atoms with E-state index >= 15 is 0 Å². The van der Waals surface area contributed by atoms with Crippen molar-refractivity contribution < 1.29 is 14.2 Å². The molecule has 0 bridgehead atoms. The molecule has 0 aliphatic carbocycles. The number of alkyl halides is 1. The molecule has 3 atom stereocenters. The number of halogens is 1. The molecule has 0 amide bonds. The zero-order chi connectivity index (χ0) is 13.4. The van der Waals surface area contributed by atoms with Crippen LogP contribution in [0.3, 0.4) is 0 Å². The third-order valence-corrected chi connectivity index (χ3v) is 3.20. The van der Waals surface area contributed by atoms with Crippen LogP contribution in [0.2, 0.25) is 0 Å². The van der Waals surface area contributed by atoms with E-state index in [1.807, 2.05) is 0 Å². The number of hydrogen-bond acceptors (Lipinski definition) is 6. The number of aliphatic hydroxyl groups is 1. The molecule has 1 aliphatic rings. The maximum absolute atomic E-state index is 14.0. The van der Waals surface area contributed by atoms with E-state index < -0.39 is 18.5 Å². The molecule has 2 aromatic rings. The highest BCUT2D eigenvalue weighted by Crippen LogP contribution is 2.33. The number of aliphatic hydroxyl groups excluding tert-OH is 1. The van der Waals surface area contributed by atoms with Crippen molar-refractivity contribution >= 4 is 17.0 Å². The van der Waals surface area contributed by atoms with Crippen LogP contribution in [0, 0.1) is 0 Å². The first-order valence-corrected chi connectivity index (χ1v) is 6.00. The minimum Gasteiger partial charge on any atom is -0.394 e. The molecule has 3 heterocycles. The Hall–Kier alpha value is -1.80. The normalized spacial score (nSPS) is 27.0. The molecule has 8 heteroatoms. The molecule has 3 rings (SSSR count). The van der Waals surface area contributed by atoms with E-state index in [0.29, 0.717) is 17.0 Å². The van der Waals surface area contributed by atoms with Gasteiger partial charge in [-0.15, -0.1) is 0 Å². The summed E-state index contributed by atoms with van der Waals surface area (Å²) in [5.74, 6) is 0.580. The van der Waals surface area contributed by atoms with Crippen molar-refractivity contribution in [2.75, 3.05) is 19.0 Å². The molecule has 1 aliphatic heterocycles. The smallest absolute Gasteiger partial charge is 0.168 e. The second kappa shape index (κ2) is 4.71. The monoisotopic (exact) mass is 267 g/mol. The van der Waals surface area contributed by atoms with Crippen molar-refractivity contribution in [2.45, 2.75) is 24.9 Å². The fourth-order valence-corrected chi connectivity index (χ4v) is 2.28. The standard InChI is InChI=1S/C11H14FN5O2/c1-13-9-8-10(15-4-14-9)17(5-16-8)11-7(12)2-6(3-18)19-11/h4-7,11,18H,2-3H2,1H3,(H,13,14,15)/t6-,7-,11+/m0/s1. The third kappa shape index (κ3) is 1.92. The van der Waals surface area contributed by atoms with Gasteiger partial charge in [-0.1, -0.05) is 0 Å². The van der Waals surface area contributed by atoms with Crippen LogP contribution in [0.5, 0.6) is 0 Å². The highest BCUT2D eigenvalue weighted by Gasteiger charge is 2.37. The van der Waals surface area contributed by atoms with E-state index in [2.05, 4.69) is 20.3 Å². The number of rotatable bonds is 3. The average molecular weight is 267 g/mol. The summed E-state index contributed by atoms with van der Waals surface area (Å²) in [7, 11) is 1.73. The summed E-state index contributed by atoms with van der Waals surface area (Å²) in [6, 6.07) is 0. The second-order valence-corrected chi connectivity index (χ2v) is 4.38. The molecular weight excluding hydrogens is 253 g/mol. The Balaban J connectivity index is 2.02. The van der Waals surface area contributed by atoms with Gasteiger partial charge in [0, 0.05) is 13.5 Å². The Labute approximate surface area is 108 Å². The summed E-state index contributed by atoms with van der Waals surface area (Å²) < 4.78 is 21.0. The van der Waals surface area contributed by atoms with Gasteiger partial charge in [-0.3, -0.25) is 4.57 Å². The number of hydrogen-bond donors (Lipinski definition) is 2. The van der Waals surface area contributed by atoms with E-state index in [0.717, 1.165) is 0 Å². The van der Waals surface area contributed by atoms with Crippen LogP contribution in [0.15, 0.2) is 12.7 Å². The Kier molecular flexibility index (Phi) is 3.03. The van der Waals surface area contributed by atoms with E-state index in [9.17, 15) is 4.39 Å². The lowest BCUT2D eigenvalue weighted by molar-refractivity contribution is -0.0351. The van der Waals surface area contributed by atoms with E-state index in [4.69, 9.17) is 9.84 Å². The molecule has 102 valence electrons. The van der Waals surface area contributed by atoms with Crippen molar-refractivity contribution in [1.29, 1.82) is 0 Å². The molecule has 0 radical (unpaired) electrons. The Morgan fingerprint density at radius 2 is 2.37 bits per heavy atom. The molecule has 0 unspecified atom stereocenters. The maximum Gasteiger partial charge on any atom is 0.168 e. The fraction of sp³-hybridized carbons (Fsp3) is 0.545. The number of nitrogens with zero attached hydrogens (tertiary/aromatic N) is 4. The zero-order valence-electron chi connectivity index (χ0n) is 10.3. The highest BCUT2D eigenvalue weighted by atomic mass is 19.1. The molecule has 19 heavy (non-hydrogen) atoms. The maximum atomic E-state index is 14.0. The predicted octanol–water partition coefficient (Wildman–Crippen LogP) is 0.486. The molecule has 0 aromatic carbocycles. The van der Waals surface area contributed by atoms with E-state index in [1.54, 1.807) is 7.05 Å². The predicted molar refractivity (Wildman–Crippen MR) is 65.4 cm³/mol. The first kappa shape index (κ1) is 12.2. The van der Waals surface area contributed by atoms with Crippen LogP contribution >= 0.6 is 0 Å². The molecule has 2 aromatic heterocycles. The van der Waals surface area contributed by atoms with Crippen molar-refractivity contribution in [3.05, 3.63) is 12.7 Å². The van der Waals surface area contributed by atoms with Gasteiger partial charge in [-0.05, 0) is 0 Å². The second-order valence-electron chi connectivity index (χ2n) is 4.38. The van der Waals surface area contributed by atoms with Crippen LogP contribution in [0.4, 0.5) is 10.2 Å². The van der Waals surface area contributed by atoms with Crippen molar-refractivity contribution in [3.8, 4) is 0 Å². The Morgan fingerprint density at radius 1 is 1.53 bits per heavy atom.